The molecule has 1 saturated heterocycles. The zero-order valence-electron chi connectivity index (χ0n) is 14.2. The molecule has 0 bridgehead atoms. The van der Waals surface area contributed by atoms with Crippen LogP contribution in [0.15, 0.2) is 53.4 Å². The van der Waals surface area contributed by atoms with Crippen molar-refractivity contribution in [1.82, 2.24) is 4.90 Å². The van der Waals surface area contributed by atoms with Gasteiger partial charge in [-0.15, -0.1) is 0 Å². The van der Waals surface area contributed by atoms with Crippen molar-refractivity contribution < 1.29 is 14.8 Å². The SMILES string of the molecule is O=C1/C(=C/c2ccc([O-])c([N+](=O)[O-])c2)SC(=S)N1CCCc1ccccc1. The van der Waals surface area contributed by atoms with Crippen LogP contribution in [-0.4, -0.2) is 26.6 Å². The number of hydrogen-bond acceptors (Lipinski definition) is 6. The van der Waals surface area contributed by atoms with Gasteiger partial charge in [-0.2, -0.15) is 0 Å². The molecule has 0 N–H and O–H groups in total. The zero-order chi connectivity index (χ0) is 19.4. The molecule has 6 nitrogen and oxygen atoms in total. The Hall–Kier alpha value is -2.71. The molecule has 0 saturated carbocycles. The summed E-state index contributed by atoms with van der Waals surface area (Å²) in [7, 11) is 0. The first-order valence-corrected chi connectivity index (χ1v) is 9.43. The van der Waals surface area contributed by atoms with Gasteiger partial charge in [-0.3, -0.25) is 19.8 Å². The van der Waals surface area contributed by atoms with E-state index in [1.807, 2.05) is 30.3 Å². The van der Waals surface area contributed by atoms with Gasteiger partial charge in [0.05, 0.1) is 9.83 Å². The second-order valence-corrected chi connectivity index (χ2v) is 7.58. The van der Waals surface area contributed by atoms with E-state index in [0.717, 1.165) is 30.7 Å². The Morgan fingerprint density at radius 2 is 1.93 bits per heavy atom. The minimum atomic E-state index is -0.728. The van der Waals surface area contributed by atoms with Crippen molar-refractivity contribution in [3.05, 3.63) is 74.7 Å². The van der Waals surface area contributed by atoms with Gasteiger partial charge in [0.2, 0.25) is 0 Å². The quantitative estimate of drug-likeness (QED) is 0.320. The molecule has 2 aromatic carbocycles. The van der Waals surface area contributed by atoms with E-state index >= 15 is 0 Å². The van der Waals surface area contributed by atoms with Crippen LogP contribution in [0.25, 0.3) is 6.08 Å². The smallest absolute Gasteiger partial charge is 0.266 e. The van der Waals surface area contributed by atoms with E-state index in [2.05, 4.69) is 0 Å². The molecule has 0 aromatic heterocycles. The number of thioether (sulfide) groups is 1. The maximum absolute atomic E-state index is 12.6. The Morgan fingerprint density at radius 1 is 1.19 bits per heavy atom. The summed E-state index contributed by atoms with van der Waals surface area (Å²) in [5.74, 6) is -0.877. The predicted molar refractivity (Wildman–Crippen MR) is 107 cm³/mol. The molecule has 1 amide bonds. The van der Waals surface area contributed by atoms with Gasteiger partial charge in [0.15, 0.2) is 0 Å². The molecule has 138 valence electrons. The molecule has 1 aliphatic heterocycles. The molecule has 8 heteroatoms. The maximum Gasteiger partial charge on any atom is 0.266 e. The van der Waals surface area contributed by atoms with Gasteiger partial charge >= 0.3 is 0 Å². The summed E-state index contributed by atoms with van der Waals surface area (Å²) < 4.78 is 0.467. The molecule has 0 aliphatic carbocycles. The molecule has 0 atom stereocenters. The van der Waals surface area contributed by atoms with Crippen molar-refractivity contribution in [1.29, 1.82) is 0 Å². The Kier molecular flexibility index (Phi) is 5.88. The van der Waals surface area contributed by atoms with Crippen LogP contribution in [0.3, 0.4) is 0 Å². The van der Waals surface area contributed by atoms with Crippen LogP contribution in [0.2, 0.25) is 0 Å². The first-order chi connectivity index (χ1) is 13.0. The molecule has 27 heavy (non-hydrogen) atoms. The lowest BCUT2D eigenvalue weighted by Gasteiger charge is -2.14. The van der Waals surface area contributed by atoms with E-state index in [1.165, 1.54) is 23.8 Å². The van der Waals surface area contributed by atoms with Gasteiger partial charge in [0, 0.05) is 12.6 Å². The van der Waals surface area contributed by atoms with Gasteiger partial charge < -0.3 is 5.11 Å². The minimum absolute atomic E-state index is 0.216. The fraction of sp³-hybridized carbons (Fsp3) is 0.158. The number of thiocarbonyl (C=S) groups is 1. The van der Waals surface area contributed by atoms with Crippen LogP contribution >= 0.6 is 24.0 Å². The molecular formula is C19H15N2O4S2-. The predicted octanol–water partition coefficient (Wildman–Crippen LogP) is 3.50. The molecular weight excluding hydrogens is 384 g/mol. The molecule has 1 fully saturated rings. The third-order valence-electron chi connectivity index (χ3n) is 4.04. The molecule has 0 spiro atoms. The monoisotopic (exact) mass is 399 g/mol. The molecule has 1 heterocycles. The third kappa shape index (κ3) is 4.53. The number of nitro groups is 1. The number of hydrogen-bond donors (Lipinski definition) is 0. The van der Waals surface area contributed by atoms with Gasteiger partial charge in [-0.25, -0.2) is 0 Å². The van der Waals surface area contributed by atoms with Gasteiger partial charge in [0.25, 0.3) is 11.6 Å². The van der Waals surface area contributed by atoms with Gasteiger partial charge in [-0.05, 0) is 35.8 Å². The highest BCUT2D eigenvalue weighted by atomic mass is 32.2. The van der Waals surface area contributed by atoms with Crippen LogP contribution in [0.5, 0.6) is 5.75 Å². The topological polar surface area (TPSA) is 86.5 Å². The van der Waals surface area contributed by atoms with E-state index in [1.54, 1.807) is 4.90 Å². The van der Waals surface area contributed by atoms with Crippen molar-refractivity contribution in [2.75, 3.05) is 6.54 Å². The van der Waals surface area contributed by atoms with Crippen molar-refractivity contribution in [2.24, 2.45) is 0 Å². The van der Waals surface area contributed by atoms with E-state index in [-0.39, 0.29) is 5.91 Å². The van der Waals surface area contributed by atoms with Crippen LogP contribution in [0.4, 0.5) is 5.69 Å². The highest BCUT2D eigenvalue weighted by Crippen LogP contribution is 2.34. The third-order valence-corrected chi connectivity index (χ3v) is 5.42. The second kappa shape index (κ2) is 8.32. The van der Waals surface area contributed by atoms with Crippen molar-refractivity contribution in [2.45, 2.75) is 12.8 Å². The molecule has 2 aromatic rings. The van der Waals surface area contributed by atoms with Crippen molar-refractivity contribution in [3.63, 3.8) is 0 Å². The normalized spacial score (nSPS) is 15.6. The molecule has 3 rings (SSSR count). The maximum atomic E-state index is 12.6. The van der Waals surface area contributed by atoms with Gasteiger partial charge in [0.1, 0.15) is 4.32 Å². The number of carbonyl (C=O) groups is 1. The standard InChI is InChI=1S/C19H16N2O4S2/c22-16-9-8-14(11-15(16)21(24)25)12-17-18(23)20(19(26)27-17)10-4-7-13-5-2-1-3-6-13/h1-3,5-6,8-9,11-12,22H,4,7,10H2/p-1/b17-12-. The summed E-state index contributed by atoms with van der Waals surface area (Å²) in [5.41, 5.74) is 1.11. The lowest BCUT2D eigenvalue weighted by Crippen LogP contribution is -2.29. The summed E-state index contributed by atoms with van der Waals surface area (Å²) in [5, 5.41) is 22.4. The lowest BCUT2D eigenvalue weighted by molar-refractivity contribution is -0.398. The first-order valence-electron chi connectivity index (χ1n) is 8.20. The zero-order valence-corrected chi connectivity index (χ0v) is 15.8. The fourth-order valence-corrected chi connectivity index (χ4v) is 4.01. The average Bonchev–Trinajstić information content (AvgIpc) is 2.91. The highest BCUT2D eigenvalue weighted by molar-refractivity contribution is 8.26. The van der Waals surface area contributed by atoms with Crippen LogP contribution < -0.4 is 5.11 Å². The number of carbonyl (C=O) groups excluding carboxylic acids is 1. The molecule has 0 unspecified atom stereocenters. The summed E-state index contributed by atoms with van der Waals surface area (Å²) >= 11 is 6.46. The van der Waals surface area contributed by atoms with Crippen LogP contribution in [-0.2, 0) is 11.2 Å². The summed E-state index contributed by atoms with van der Waals surface area (Å²) in [6, 6.07) is 13.7. The van der Waals surface area contributed by atoms with E-state index in [0.29, 0.717) is 21.3 Å². The largest absolute Gasteiger partial charge is 0.868 e. The summed E-state index contributed by atoms with van der Waals surface area (Å²) in [4.78, 5) is 24.7. The van der Waals surface area contributed by atoms with E-state index in [4.69, 9.17) is 12.2 Å². The van der Waals surface area contributed by atoms with E-state index < -0.39 is 16.4 Å². The Bertz CT molecular complexity index is 929. The highest BCUT2D eigenvalue weighted by Gasteiger charge is 2.31. The number of rotatable bonds is 6. The van der Waals surface area contributed by atoms with Crippen LogP contribution in [0.1, 0.15) is 17.5 Å². The number of benzene rings is 2. The number of amides is 1. The van der Waals surface area contributed by atoms with Crippen molar-refractivity contribution in [3.8, 4) is 5.75 Å². The molecule has 1 aliphatic rings. The Labute approximate surface area is 165 Å². The Balaban J connectivity index is 1.69. The number of aryl methyl sites for hydroxylation is 1. The second-order valence-electron chi connectivity index (χ2n) is 5.91. The van der Waals surface area contributed by atoms with Crippen molar-refractivity contribution >= 4 is 46.0 Å². The van der Waals surface area contributed by atoms with Crippen LogP contribution in [0, 0.1) is 10.1 Å². The summed E-state index contributed by atoms with van der Waals surface area (Å²) in [6.45, 7) is 0.510. The fourth-order valence-electron chi connectivity index (χ4n) is 2.70. The summed E-state index contributed by atoms with van der Waals surface area (Å²) in [6.07, 6.45) is 3.15. The Morgan fingerprint density at radius 3 is 2.63 bits per heavy atom. The number of nitro benzene ring substituents is 1. The first kappa shape index (κ1) is 19.1. The lowest BCUT2D eigenvalue weighted by atomic mass is 10.1. The molecule has 0 radical (unpaired) electrons. The van der Waals surface area contributed by atoms with E-state index in [9.17, 15) is 20.0 Å². The average molecular weight is 399 g/mol. The minimum Gasteiger partial charge on any atom is -0.868 e. The van der Waals surface area contributed by atoms with Gasteiger partial charge in [-0.1, -0.05) is 66.4 Å². The number of nitrogens with zero attached hydrogens (tertiary/aromatic N) is 2.